The molecule has 9 heteroatoms. The van der Waals surface area contributed by atoms with Gasteiger partial charge in [-0.05, 0) is 36.8 Å². The van der Waals surface area contributed by atoms with E-state index in [1.807, 2.05) is 24.3 Å². The predicted octanol–water partition coefficient (Wildman–Crippen LogP) is 2.38. The maximum Gasteiger partial charge on any atom is 0.244 e. The largest absolute Gasteiger partial charge is 0.357 e. The first-order chi connectivity index (χ1) is 13.6. The van der Waals surface area contributed by atoms with Gasteiger partial charge in [-0.25, -0.2) is 8.42 Å². The summed E-state index contributed by atoms with van der Waals surface area (Å²) in [6, 6.07) is 15.0. The minimum Gasteiger partial charge on any atom is -0.357 e. The Kier molecular flexibility index (Phi) is 7.80. The van der Waals surface area contributed by atoms with Crippen LogP contribution >= 0.6 is 15.9 Å². The van der Waals surface area contributed by atoms with E-state index < -0.39 is 28.5 Å². The normalized spacial score (nSPS) is 12.1. The van der Waals surface area contributed by atoms with Crippen molar-refractivity contribution in [1.82, 2.24) is 10.2 Å². The molecule has 0 radical (unpaired) electrons. The molecule has 0 saturated heterocycles. The summed E-state index contributed by atoms with van der Waals surface area (Å²) in [5.74, 6) is -0.811. The van der Waals surface area contributed by atoms with Crippen LogP contribution in [0, 0.1) is 0 Å². The highest BCUT2D eigenvalue weighted by molar-refractivity contribution is 9.10. The number of para-hydroxylation sites is 1. The molecule has 0 aliphatic rings. The van der Waals surface area contributed by atoms with Crippen molar-refractivity contribution < 1.29 is 18.0 Å². The first-order valence-electron chi connectivity index (χ1n) is 8.91. The summed E-state index contributed by atoms with van der Waals surface area (Å²) in [5.41, 5.74) is 1.20. The molecule has 0 spiro atoms. The summed E-state index contributed by atoms with van der Waals surface area (Å²) < 4.78 is 26.5. The third-order valence-electron chi connectivity index (χ3n) is 4.38. The average molecular weight is 482 g/mol. The Morgan fingerprint density at radius 1 is 1.10 bits per heavy atom. The number of sulfonamides is 1. The molecule has 2 aromatic rings. The van der Waals surface area contributed by atoms with Gasteiger partial charge in [-0.2, -0.15) is 0 Å². The van der Waals surface area contributed by atoms with Gasteiger partial charge in [-0.1, -0.05) is 46.3 Å². The summed E-state index contributed by atoms with van der Waals surface area (Å²) in [5, 5.41) is 2.54. The van der Waals surface area contributed by atoms with E-state index >= 15 is 0 Å². The summed E-state index contributed by atoms with van der Waals surface area (Å²) in [7, 11) is -2.21. The maximum absolute atomic E-state index is 13.2. The van der Waals surface area contributed by atoms with Crippen LogP contribution in [0.15, 0.2) is 59.1 Å². The summed E-state index contributed by atoms with van der Waals surface area (Å²) >= 11 is 3.40. The van der Waals surface area contributed by atoms with E-state index in [1.54, 1.807) is 37.3 Å². The SMILES string of the molecule is CNC(=O)[C@@H](C)N(Cc1cccc(Br)c1)C(=O)CN(c1ccccc1)S(C)(=O)=O. The van der Waals surface area contributed by atoms with E-state index in [2.05, 4.69) is 21.2 Å². The minimum atomic E-state index is -3.70. The predicted molar refractivity (Wildman–Crippen MR) is 117 cm³/mol. The highest BCUT2D eigenvalue weighted by Crippen LogP contribution is 2.19. The standard InChI is InChI=1S/C20H24BrN3O4S/c1-15(20(26)22-2)23(13-16-8-7-9-17(21)12-16)19(25)14-24(29(3,27)28)18-10-5-4-6-11-18/h4-12,15H,13-14H2,1-3H3,(H,22,26)/t15-/m1/s1. The van der Waals surface area contributed by atoms with Gasteiger partial charge in [0.1, 0.15) is 12.6 Å². The summed E-state index contributed by atoms with van der Waals surface area (Å²) in [6.07, 6.45) is 1.05. The van der Waals surface area contributed by atoms with Gasteiger partial charge in [0.2, 0.25) is 21.8 Å². The zero-order valence-electron chi connectivity index (χ0n) is 16.5. The highest BCUT2D eigenvalue weighted by Gasteiger charge is 2.29. The van der Waals surface area contributed by atoms with Gasteiger partial charge in [-0.3, -0.25) is 13.9 Å². The number of nitrogens with one attached hydrogen (secondary N) is 1. The van der Waals surface area contributed by atoms with Crippen molar-refractivity contribution in [3.05, 3.63) is 64.6 Å². The highest BCUT2D eigenvalue weighted by atomic mass is 79.9. The molecule has 0 aliphatic carbocycles. The molecular formula is C20H24BrN3O4S. The van der Waals surface area contributed by atoms with Crippen molar-refractivity contribution in [1.29, 1.82) is 0 Å². The molecule has 0 saturated carbocycles. The molecule has 0 bridgehead atoms. The second-order valence-electron chi connectivity index (χ2n) is 6.55. The van der Waals surface area contributed by atoms with Crippen molar-refractivity contribution >= 4 is 43.5 Å². The van der Waals surface area contributed by atoms with Crippen LogP contribution in [-0.4, -0.2) is 51.0 Å². The van der Waals surface area contributed by atoms with Crippen LogP contribution in [0.2, 0.25) is 0 Å². The molecule has 0 aliphatic heterocycles. The zero-order valence-corrected chi connectivity index (χ0v) is 18.9. The van der Waals surface area contributed by atoms with Crippen LogP contribution in [-0.2, 0) is 26.2 Å². The molecule has 0 aromatic heterocycles. The summed E-state index contributed by atoms with van der Waals surface area (Å²) in [4.78, 5) is 26.8. The number of hydrogen-bond acceptors (Lipinski definition) is 4. The quantitative estimate of drug-likeness (QED) is 0.626. The molecular weight excluding hydrogens is 458 g/mol. The fourth-order valence-electron chi connectivity index (χ4n) is 2.83. The van der Waals surface area contributed by atoms with Crippen molar-refractivity contribution in [2.75, 3.05) is 24.2 Å². The van der Waals surface area contributed by atoms with Crippen molar-refractivity contribution in [3.63, 3.8) is 0 Å². The van der Waals surface area contributed by atoms with Crippen LogP contribution in [0.4, 0.5) is 5.69 Å². The lowest BCUT2D eigenvalue weighted by Crippen LogP contribution is -2.50. The minimum absolute atomic E-state index is 0.166. The zero-order chi connectivity index (χ0) is 21.6. The van der Waals surface area contributed by atoms with Gasteiger partial charge in [0.25, 0.3) is 0 Å². The number of benzene rings is 2. The van der Waals surface area contributed by atoms with Crippen molar-refractivity contribution in [3.8, 4) is 0 Å². The lowest BCUT2D eigenvalue weighted by Gasteiger charge is -2.31. The van der Waals surface area contributed by atoms with Crippen LogP contribution in [0.25, 0.3) is 0 Å². The Labute approximate surface area is 179 Å². The van der Waals surface area contributed by atoms with E-state index in [1.165, 1.54) is 11.9 Å². The lowest BCUT2D eigenvalue weighted by molar-refractivity contribution is -0.139. The Hall–Kier alpha value is -2.39. The van der Waals surface area contributed by atoms with E-state index in [9.17, 15) is 18.0 Å². The van der Waals surface area contributed by atoms with Crippen molar-refractivity contribution in [2.45, 2.75) is 19.5 Å². The second kappa shape index (κ2) is 9.89. The molecule has 0 heterocycles. The van der Waals surface area contributed by atoms with Gasteiger partial charge < -0.3 is 10.2 Å². The van der Waals surface area contributed by atoms with Crippen LogP contribution < -0.4 is 9.62 Å². The van der Waals surface area contributed by atoms with Gasteiger partial charge in [0.15, 0.2) is 0 Å². The Morgan fingerprint density at radius 2 is 1.76 bits per heavy atom. The van der Waals surface area contributed by atoms with Gasteiger partial charge in [0.05, 0.1) is 11.9 Å². The molecule has 2 amide bonds. The molecule has 0 unspecified atom stereocenters. The van der Waals surface area contributed by atoms with Crippen molar-refractivity contribution in [2.24, 2.45) is 0 Å². The molecule has 0 fully saturated rings. The third kappa shape index (κ3) is 6.30. The number of halogens is 1. The molecule has 2 rings (SSSR count). The van der Waals surface area contributed by atoms with E-state index in [4.69, 9.17) is 0 Å². The van der Waals surface area contributed by atoms with Gasteiger partial charge in [-0.15, -0.1) is 0 Å². The number of carbonyl (C=O) groups is 2. The molecule has 1 N–H and O–H groups in total. The Balaban J connectivity index is 2.35. The number of likely N-dealkylation sites (N-methyl/N-ethyl adjacent to an activating group) is 1. The van der Waals surface area contributed by atoms with E-state index in [-0.39, 0.29) is 12.5 Å². The smallest absolute Gasteiger partial charge is 0.244 e. The molecule has 7 nitrogen and oxygen atoms in total. The monoisotopic (exact) mass is 481 g/mol. The Morgan fingerprint density at radius 3 is 2.31 bits per heavy atom. The fraction of sp³-hybridized carbons (Fsp3) is 0.300. The summed E-state index contributed by atoms with van der Waals surface area (Å²) in [6.45, 7) is 1.37. The average Bonchev–Trinajstić information content (AvgIpc) is 2.68. The third-order valence-corrected chi connectivity index (χ3v) is 6.01. The van der Waals surface area contributed by atoms with Gasteiger partial charge >= 0.3 is 0 Å². The van der Waals surface area contributed by atoms with Crippen LogP contribution in [0.1, 0.15) is 12.5 Å². The van der Waals surface area contributed by atoms with Crippen LogP contribution in [0.3, 0.4) is 0 Å². The first kappa shape index (κ1) is 22.9. The van der Waals surface area contributed by atoms with E-state index in [0.717, 1.165) is 20.6 Å². The number of amides is 2. The topological polar surface area (TPSA) is 86.8 Å². The fourth-order valence-corrected chi connectivity index (χ4v) is 4.13. The number of hydrogen-bond donors (Lipinski definition) is 1. The number of anilines is 1. The van der Waals surface area contributed by atoms with Crippen LogP contribution in [0.5, 0.6) is 0 Å². The number of carbonyl (C=O) groups excluding carboxylic acids is 2. The molecule has 156 valence electrons. The van der Waals surface area contributed by atoms with Gasteiger partial charge in [0, 0.05) is 18.1 Å². The Bertz CT molecular complexity index is 967. The molecule has 29 heavy (non-hydrogen) atoms. The van der Waals surface area contributed by atoms with E-state index in [0.29, 0.717) is 5.69 Å². The second-order valence-corrected chi connectivity index (χ2v) is 9.37. The number of nitrogens with zero attached hydrogens (tertiary/aromatic N) is 2. The molecule has 2 aromatic carbocycles. The first-order valence-corrected chi connectivity index (χ1v) is 11.6. The molecule has 1 atom stereocenters. The number of rotatable bonds is 8. The lowest BCUT2D eigenvalue weighted by atomic mass is 10.1. The maximum atomic E-state index is 13.2.